The van der Waals surface area contributed by atoms with Crippen molar-refractivity contribution in [2.24, 2.45) is 0 Å². The van der Waals surface area contributed by atoms with Crippen molar-refractivity contribution >= 4 is 22.1 Å². The maximum atomic E-state index is 9.63. The second kappa shape index (κ2) is 3.06. The Morgan fingerprint density at radius 1 is 0.688 bits per heavy atom. The molecule has 0 saturated carbocycles. The Kier molecular flexibility index (Phi) is 1.71. The second-order valence-corrected chi connectivity index (χ2v) is 3.51. The molecular weight excluding hydrogens is 204 g/mol. The molecule has 1 heterocycles. The molecule has 3 aromatic rings. The van der Waals surface area contributed by atoms with Crippen LogP contribution in [0.1, 0.15) is 0 Å². The summed E-state index contributed by atoms with van der Waals surface area (Å²) < 4.78 is 0. The number of phenolic OH excluding ortho intramolecular Hbond substituents is 2. The number of fused-ring (bicyclic) bond motifs is 2. The maximum absolute atomic E-state index is 9.63. The highest BCUT2D eigenvalue weighted by molar-refractivity contribution is 5.91. The smallest absolute Gasteiger partial charge is 0.143 e. The van der Waals surface area contributed by atoms with Gasteiger partial charge in [0.05, 0.1) is 11.0 Å². The van der Waals surface area contributed by atoms with Crippen LogP contribution in [0.4, 0.5) is 0 Å². The van der Waals surface area contributed by atoms with E-state index in [1.165, 1.54) is 0 Å². The van der Waals surface area contributed by atoms with Crippen LogP contribution in [0.25, 0.3) is 22.1 Å². The van der Waals surface area contributed by atoms with Crippen LogP contribution in [0, 0.1) is 0 Å². The highest BCUT2D eigenvalue weighted by Crippen LogP contribution is 2.27. The summed E-state index contributed by atoms with van der Waals surface area (Å²) in [4.78, 5) is 8.53. The first-order valence-electron chi connectivity index (χ1n) is 4.83. The van der Waals surface area contributed by atoms with Crippen LogP contribution >= 0.6 is 0 Å². The molecule has 3 rings (SSSR count). The number of benzene rings is 2. The van der Waals surface area contributed by atoms with E-state index in [0.29, 0.717) is 22.1 Å². The molecule has 0 aliphatic carbocycles. The van der Waals surface area contributed by atoms with Crippen molar-refractivity contribution in [1.82, 2.24) is 9.97 Å². The largest absolute Gasteiger partial charge is 0.506 e. The van der Waals surface area contributed by atoms with Crippen LogP contribution in [-0.2, 0) is 0 Å². The minimum absolute atomic E-state index is 0.0928. The van der Waals surface area contributed by atoms with E-state index in [0.717, 1.165) is 0 Å². The molecule has 4 nitrogen and oxygen atoms in total. The van der Waals surface area contributed by atoms with E-state index in [1.807, 2.05) is 0 Å². The third kappa shape index (κ3) is 1.16. The van der Waals surface area contributed by atoms with Gasteiger partial charge in [0, 0.05) is 0 Å². The molecule has 16 heavy (non-hydrogen) atoms. The van der Waals surface area contributed by atoms with Gasteiger partial charge in [-0.05, 0) is 24.3 Å². The third-order valence-corrected chi connectivity index (χ3v) is 2.45. The number of hydrogen-bond donors (Lipinski definition) is 2. The lowest BCUT2D eigenvalue weighted by atomic mass is 10.2. The Bertz CT molecular complexity index is 633. The second-order valence-electron chi connectivity index (χ2n) is 3.51. The zero-order chi connectivity index (χ0) is 11.1. The van der Waals surface area contributed by atoms with Crippen LogP contribution in [0.5, 0.6) is 11.5 Å². The van der Waals surface area contributed by atoms with Gasteiger partial charge in [-0.3, -0.25) is 0 Å². The molecule has 0 aliphatic heterocycles. The summed E-state index contributed by atoms with van der Waals surface area (Å²) in [6.07, 6.45) is 0. The topological polar surface area (TPSA) is 66.2 Å². The zero-order valence-electron chi connectivity index (χ0n) is 8.25. The van der Waals surface area contributed by atoms with E-state index >= 15 is 0 Å². The average Bonchev–Trinajstić information content (AvgIpc) is 2.29. The molecule has 0 amide bonds. The van der Waals surface area contributed by atoms with Crippen molar-refractivity contribution in [1.29, 1.82) is 0 Å². The summed E-state index contributed by atoms with van der Waals surface area (Å²) in [5.41, 5.74) is 2.02. The van der Waals surface area contributed by atoms with Crippen LogP contribution in [0.15, 0.2) is 36.4 Å². The fraction of sp³-hybridized carbons (Fsp3) is 0. The van der Waals surface area contributed by atoms with Crippen molar-refractivity contribution < 1.29 is 10.2 Å². The van der Waals surface area contributed by atoms with Gasteiger partial charge < -0.3 is 10.2 Å². The molecule has 2 aromatic carbocycles. The van der Waals surface area contributed by atoms with Gasteiger partial charge in [-0.1, -0.05) is 12.1 Å². The van der Waals surface area contributed by atoms with E-state index in [9.17, 15) is 10.2 Å². The number of para-hydroxylation sites is 2. The Labute approximate surface area is 90.8 Å². The number of nitrogens with zero attached hydrogens (tertiary/aromatic N) is 2. The highest BCUT2D eigenvalue weighted by Gasteiger charge is 2.07. The molecule has 0 atom stereocenters. The lowest BCUT2D eigenvalue weighted by Gasteiger charge is -2.03. The summed E-state index contributed by atoms with van der Waals surface area (Å²) in [5.74, 6) is 0.186. The standard InChI is InChI=1S/C12H8N2O2/c15-9-5-1-3-7-11(9)14-8-4-2-6-10(16)12(8)13-7/h1-6,15-16H. The quantitative estimate of drug-likeness (QED) is 0.560. The SMILES string of the molecule is Oc1cccc2nc3c(O)cccc3nc12. The molecule has 78 valence electrons. The maximum Gasteiger partial charge on any atom is 0.143 e. The number of phenols is 2. The highest BCUT2D eigenvalue weighted by atomic mass is 16.3. The molecule has 0 saturated heterocycles. The van der Waals surface area contributed by atoms with Crippen LogP contribution in [-0.4, -0.2) is 20.2 Å². The summed E-state index contributed by atoms with van der Waals surface area (Å²) in [6, 6.07) is 10.00. The van der Waals surface area contributed by atoms with E-state index < -0.39 is 0 Å². The van der Waals surface area contributed by atoms with Gasteiger partial charge in [-0.25, -0.2) is 9.97 Å². The van der Waals surface area contributed by atoms with Crippen LogP contribution in [0.2, 0.25) is 0 Å². The number of rotatable bonds is 0. The third-order valence-electron chi connectivity index (χ3n) is 2.45. The lowest BCUT2D eigenvalue weighted by molar-refractivity contribution is 0.478. The van der Waals surface area contributed by atoms with Gasteiger partial charge in [0.1, 0.15) is 22.5 Å². The number of hydrogen-bond acceptors (Lipinski definition) is 4. The predicted molar refractivity (Wildman–Crippen MR) is 60.4 cm³/mol. The average molecular weight is 212 g/mol. The normalized spacial score (nSPS) is 11.0. The van der Waals surface area contributed by atoms with Gasteiger partial charge in [-0.2, -0.15) is 0 Å². The first-order chi connectivity index (χ1) is 7.75. The molecule has 1 aromatic heterocycles. The van der Waals surface area contributed by atoms with Gasteiger partial charge in [0.15, 0.2) is 0 Å². The van der Waals surface area contributed by atoms with Crippen molar-refractivity contribution in [3.8, 4) is 11.5 Å². The molecule has 0 fully saturated rings. The van der Waals surface area contributed by atoms with E-state index in [1.54, 1.807) is 36.4 Å². The summed E-state index contributed by atoms with van der Waals surface area (Å²) in [5, 5.41) is 19.3. The zero-order valence-corrected chi connectivity index (χ0v) is 8.25. The van der Waals surface area contributed by atoms with Gasteiger partial charge in [0.25, 0.3) is 0 Å². The first kappa shape index (κ1) is 8.91. The monoisotopic (exact) mass is 212 g/mol. The van der Waals surface area contributed by atoms with Crippen LogP contribution in [0.3, 0.4) is 0 Å². The minimum Gasteiger partial charge on any atom is -0.506 e. The summed E-state index contributed by atoms with van der Waals surface area (Å²) in [6.45, 7) is 0. The molecule has 2 N–H and O–H groups in total. The van der Waals surface area contributed by atoms with E-state index in [-0.39, 0.29) is 11.5 Å². The summed E-state index contributed by atoms with van der Waals surface area (Å²) >= 11 is 0. The molecule has 0 aliphatic rings. The molecule has 4 heteroatoms. The fourth-order valence-electron chi connectivity index (χ4n) is 1.69. The minimum atomic E-state index is 0.0928. The Balaban J connectivity index is 2.54. The Morgan fingerprint density at radius 2 is 1.12 bits per heavy atom. The van der Waals surface area contributed by atoms with Gasteiger partial charge in [-0.15, -0.1) is 0 Å². The number of aromatic nitrogens is 2. The molecule has 0 bridgehead atoms. The summed E-state index contributed by atoms with van der Waals surface area (Å²) in [7, 11) is 0. The lowest BCUT2D eigenvalue weighted by Crippen LogP contribution is -1.87. The van der Waals surface area contributed by atoms with E-state index in [4.69, 9.17) is 0 Å². The molecule has 0 radical (unpaired) electrons. The molecule has 0 unspecified atom stereocenters. The van der Waals surface area contributed by atoms with Crippen LogP contribution < -0.4 is 0 Å². The van der Waals surface area contributed by atoms with Gasteiger partial charge in [0.2, 0.25) is 0 Å². The predicted octanol–water partition coefficient (Wildman–Crippen LogP) is 2.19. The van der Waals surface area contributed by atoms with Crippen molar-refractivity contribution in [2.75, 3.05) is 0 Å². The van der Waals surface area contributed by atoms with Crippen molar-refractivity contribution in [3.05, 3.63) is 36.4 Å². The first-order valence-corrected chi connectivity index (χ1v) is 4.83. The Hall–Kier alpha value is -2.36. The molecule has 0 spiro atoms. The molecular formula is C12H8N2O2. The Morgan fingerprint density at radius 3 is 1.56 bits per heavy atom. The fourth-order valence-corrected chi connectivity index (χ4v) is 1.69. The van der Waals surface area contributed by atoms with Gasteiger partial charge >= 0.3 is 0 Å². The van der Waals surface area contributed by atoms with Crippen molar-refractivity contribution in [2.45, 2.75) is 0 Å². The number of aromatic hydroxyl groups is 2. The van der Waals surface area contributed by atoms with E-state index in [2.05, 4.69) is 9.97 Å². The van der Waals surface area contributed by atoms with Crippen molar-refractivity contribution in [3.63, 3.8) is 0 Å².